The second-order valence-electron chi connectivity index (χ2n) is 5.50. The smallest absolute Gasteiger partial charge is 0.296 e. The molecule has 0 amide bonds. The third kappa shape index (κ3) is 4.16. The van der Waals surface area contributed by atoms with E-state index in [1.54, 1.807) is 26.0 Å². The van der Waals surface area contributed by atoms with E-state index in [0.29, 0.717) is 34.6 Å². The maximum atomic E-state index is 11.5. The van der Waals surface area contributed by atoms with Gasteiger partial charge in [-0.3, -0.25) is 9.11 Å². The molecule has 26 heavy (non-hydrogen) atoms. The summed E-state index contributed by atoms with van der Waals surface area (Å²) in [6.45, 7) is 3.43. The van der Waals surface area contributed by atoms with Crippen molar-refractivity contribution in [1.82, 2.24) is 0 Å². The average Bonchev–Trinajstić information content (AvgIpc) is 2.48. The molecule has 0 aromatic heterocycles. The Morgan fingerprint density at radius 3 is 1.81 bits per heavy atom. The molecule has 2 aromatic rings. The summed E-state index contributed by atoms with van der Waals surface area (Å²) in [5, 5.41) is 7.59. The zero-order valence-electron chi connectivity index (χ0n) is 13.7. The minimum atomic E-state index is -4.78. The normalized spacial score (nSPS) is 12.6. The van der Waals surface area contributed by atoms with Crippen LogP contribution in [0.3, 0.4) is 0 Å². The van der Waals surface area contributed by atoms with Crippen LogP contribution >= 0.6 is 0 Å². The van der Waals surface area contributed by atoms with Crippen LogP contribution in [0.4, 0.5) is 22.7 Å². The molecule has 0 spiro atoms. The second-order valence-corrected chi connectivity index (χ2v) is 8.28. The first-order valence-electron chi connectivity index (χ1n) is 6.97. The van der Waals surface area contributed by atoms with Crippen LogP contribution in [-0.4, -0.2) is 25.9 Å². The van der Waals surface area contributed by atoms with Crippen molar-refractivity contribution in [2.24, 2.45) is 10.2 Å². The Morgan fingerprint density at radius 2 is 1.27 bits per heavy atom. The van der Waals surface area contributed by atoms with Gasteiger partial charge in [-0.15, -0.1) is 5.11 Å². The van der Waals surface area contributed by atoms with Gasteiger partial charge in [0.05, 0.1) is 11.4 Å². The van der Waals surface area contributed by atoms with Crippen LogP contribution < -0.4 is 11.5 Å². The fourth-order valence-corrected chi connectivity index (χ4v) is 3.37. The van der Waals surface area contributed by atoms with Gasteiger partial charge in [0.2, 0.25) is 0 Å². The highest BCUT2D eigenvalue weighted by Gasteiger charge is 2.23. The summed E-state index contributed by atoms with van der Waals surface area (Å²) in [6, 6.07) is 4.62. The molecule has 0 aliphatic carbocycles. The average molecular weight is 400 g/mol. The monoisotopic (exact) mass is 400 g/mol. The first-order chi connectivity index (χ1) is 11.8. The highest BCUT2D eigenvalue weighted by atomic mass is 32.2. The SMILES string of the molecule is Cc1cc(N=Nc2cc(S(=O)(=O)O)c(N)cc2S(=O)(=O)O)c(C)cc1N. The van der Waals surface area contributed by atoms with E-state index in [9.17, 15) is 25.9 Å². The van der Waals surface area contributed by atoms with Gasteiger partial charge in [-0.2, -0.15) is 21.9 Å². The number of nitrogens with zero attached hydrogens (tertiary/aromatic N) is 2. The van der Waals surface area contributed by atoms with Gasteiger partial charge in [0, 0.05) is 5.69 Å². The first-order valence-corrected chi connectivity index (χ1v) is 9.85. The van der Waals surface area contributed by atoms with E-state index in [-0.39, 0.29) is 0 Å². The van der Waals surface area contributed by atoms with Gasteiger partial charge < -0.3 is 11.5 Å². The number of nitrogens with two attached hydrogens (primary N) is 2. The van der Waals surface area contributed by atoms with Gasteiger partial charge >= 0.3 is 0 Å². The van der Waals surface area contributed by atoms with E-state index >= 15 is 0 Å². The van der Waals surface area contributed by atoms with Crippen LogP contribution in [0.5, 0.6) is 0 Å². The molecular formula is C14H16N4O6S2. The minimum Gasteiger partial charge on any atom is -0.399 e. The largest absolute Gasteiger partial charge is 0.399 e. The molecule has 0 aliphatic heterocycles. The number of anilines is 2. The van der Waals surface area contributed by atoms with Crippen molar-refractivity contribution >= 4 is 43.0 Å². The number of benzene rings is 2. The predicted molar refractivity (Wildman–Crippen MR) is 95.0 cm³/mol. The van der Waals surface area contributed by atoms with Crippen molar-refractivity contribution in [3.8, 4) is 0 Å². The highest BCUT2D eigenvalue weighted by molar-refractivity contribution is 7.86. The number of aryl methyl sites for hydroxylation is 2. The number of nitrogen functional groups attached to an aromatic ring is 2. The first kappa shape index (κ1) is 19.8. The molecule has 0 saturated carbocycles. The van der Waals surface area contributed by atoms with Gasteiger partial charge in [0.1, 0.15) is 15.5 Å². The Labute approximate surface area is 150 Å². The summed E-state index contributed by atoms with van der Waals surface area (Å²) in [4.78, 5) is -1.51. The Balaban J connectivity index is 2.70. The summed E-state index contributed by atoms with van der Waals surface area (Å²) < 4.78 is 64.2. The van der Waals surface area contributed by atoms with Crippen molar-refractivity contribution in [2.45, 2.75) is 23.6 Å². The summed E-state index contributed by atoms with van der Waals surface area (Å²) in [6.07, 6.45) is 0. The molecule has 0 bridgehead atoms. The number of azo groups is 1. The lowest BCUT2D eigenvalue weighted by atomic mass is 10.1. The Bertz CT molecular complexity index is 1120. The maximum Gasteiger partial charge on any atom is 0.296 e. The Hall–Kier alpha value is -2.54. The fraction of sp³-hybridized carbons (Fsp3) is 0.143. The molecule has 12 heteroatoms. The van der Waals surface area contributed by atoms with E-state index < -0.39 is 41.4 Å². The van der Waals surface area contributed by atoms with Gasteiger partial charge in [-0.1, -0.05) is 0 Å². The van der Waals surface area contributed by atoms with Crippen molar-refractivity contribution in [3.05, 3.63) is 35.4 Å². The topological polar surface area (TPSA) is 186 Å². The lowest BCUT2D eigenvalue weighted by molar-refractivity contribution is 0.479. The number of hydrogen-bond donors (Lipinski definition) is 4. The summed E-state index contributed by atoms with van der Waals surface area (Å²) in [5.74, 6) is 0. The third-order valence-electron chi connectivity index (χ3n) is 3.50. The van der Waals surface area contributed by atoms with E-state index in [1.807, 2.05) is 0 Å². The Morgan fingerprint density at radius 1 is 0.731 bits per heavy atom. The molecule has 0 saturated heterocycles. The molecule has 0 atom stereocenters. The number of rotatable bonds is 4. The molecule has 0 fully saturated rings. The van der Waals surface area contributed by atoms with Crippen molar-refractivity contribution in [1.29, 1.82) is 0 Å². The third-order valence-corrected chi connectivity index (χ3v) is 5.29. The molecule has 6 N–H and O–H groups in total. The van der Waals surface area contributed by atoms with Crippen LogP contribution in [0.15, 0.2) is 44.3 Å². The van der Waals surface area contributed by atoms with Gasteiger partial charge in [-0.05, 0) is 49.2 Å². The summed E-state index contributed by atoms with van der Waals surface area (Å²) in [5.41, 5.74) is 12.3. The Kier molecular flexibility index (Phi) is 5.05. The van der Waals surface area contributed by atoms with Crippen molar-refractivity contribution < 1.29 is 25.9 Å². The van der Waals surface area contributed by atoms with Crippen molar-refractivity contribution in [2.75, 3.05) is 11.5 Å². The minimum absolute atomic E-state index is 0.350. The lowest BCUT2D eigenvalue weighted by Crippen LogP contribution is -2.06. The quantitative estimate of drug-likeness (QED) is 0.342. The van der Waals surface area contributed by atoms with E-state index in [0.717, 1.165) is 0 Å². The molecule has 0 unspecified atom stereocenters. The molecule has 0 heterocycles. The maximum absolute atomic E-state index is 11.5. The van der Waals surface area contributed by atoms with Crippen LogP contribution in [-0.2, 0) is 20.2 Å². The molecular weight excluding hydrogens is 384 g/mol. The molecule has 0 radical (unpaired) electrons. The number of hydrogen-bond acceptors (Lipinski definition) is 8. The molecule has 2 rings (SSSR count). The highest BCUT2D eigenvalue weighted by Crippen LogP contribution is 2.34. The molecule has 2 aromatic carbocycles. The van der Waals surface area contributed by atoms with E-state index in [4.69, 9.17) is 11.5 Å². The molecule has 140 valence electrons. The van der Waals surface area contributed by atoms with Gasteiger partial charge in [0.25, 0.3) is 20.2 Å². The van der Waals surface area contributed by atoms with Crippen LogP contribution in [0, 0.1) is 13.8 Å². The van der Waals surface area contributed by atoms with Gasteiger partial charge in [-0.25, -0.2) is 0 Å². The van der Waals surface area contributed by atoms with Crippen LogP contribution in [0.2, 0.25) is 0 Å². The zero-order valence-corrected chi connectivity index (χ0v) is 15.3. The zero-order chi connectivity index (χ0) is 19.9. The molecule has 0 aliphatic rings. The lowest BCUT2D eigenvalue weighted by Gasteiger charge is -2.08. The van der Waals surface area contributed by atoms with Crippen molar-refractivity contribution in [3.63, 3.8) is 0 Å². The molecule has 10 nitrogen and oxygen atoms in total. The van der Waals surface area contributed by atoms with E-state index in [1.165, 1.54) is 0 Å². The van der Waals surface area contributed by atoms with E-state index in [2.05, 4.69) is 10.2 Å². The van der Waals surface area contributed by atoms with Crippen LogP contribution in [0.1, 0.15) is 11.1 Å². The summed E-state index contributed by atoms with van der Waals surface area (Å²) in [7, 11) is -9.52. The van der Waals surface area contributed by atoms with Crippen LogP contribution in [0.25, 0.3) is 0 Å². The summed E-state index contributed by atoms with van der Waals surface area (Å²) >= 11 is 0. The standard InChI is InChI=1S/C14H16N4O6S2/c1-7-4-11(8(2)3-9(7)15)17-18-12-6-13(25(19,20)21)10(16)5-14(12)26(22,23)24/h3-6H,15-16H2,1-2H3,(H,19,20,21)(H,22,23,24). The predicted octanol–water partition coefficient (Wildman–Crippen LogP) is 2.38. The second kappa shape index (κ2) is 6.64. The fourth-order valence-electron chi connectivity index (χ4n) is 2.11. The van der Waals surface area contributed by atoms with Gasteiger partial charge in [0.15, 0.2) is 0 Å².